The van der Waals surface area contributed by atoms with Crippen LogP contribution in [0.15, 0.2) is 0 Å². The topological polar surface area (TPSA) is 49.7 Å². The highest BCUT2D eigenvalue weighted by molar-refractivity contribution is 6.74. The number of aliphatic hydroxyl groups is 2. The van der Waals surface area contributed by atoms with Gasteiger partial charge in [0.05, 0.1) is 18.3 Å². The van der Waals surface area contributed by atoms with E-state index in [9.17, 15) is 10.2 Å². The van der Waals surface area contributed by atoms with Gasteiger partial charge in [0.1, 0.15) is 0 Å². The molecule has 3 nitrogen and oxygen atoms in total. The second-order valence-corrected chi connectivity index (χ2v) is 14.6. The van der Waals surface area contributed by atoms with Crippen LogP contribution in [0, 0.1) is 0 Å². The second-order valence-electron chi connectivity index (χ2n) is 9.77. The van der Waals surface area contributed by atoms with E-state index in [-0.39, 0.29) is 5.04 Å². The summed E-state index contributed by atoms with van der Waals surface area (Å²) < 4.78 is 6.17. The average Bonchev–Trinajstić information content (AvgIpc) is 2.53. The third-order valence-corrected chi connectivity index (χ3v) is 10.6. The Hall–Kier alpha value is 0.0969. The van der Waals surface area contributed by atoms with Crippen LogP contribution >= 0.6 is 0 Å². The van der Waals surface area contributed by atoms with Crippen LogP contribution in [0.2, 0.25) is 18.1 Å². The first kappa shape index (κ1) is 26.1. The van der Waals surface area contributed by atoms with Crippen molar-refractivity contribution in [2.45, 2.75) is 135 Å². The zero-order chi connectivity index (χ0) is 20.3. The van der Waals surface area contributed by atoms with Crippen molar-refractivity contribution in [2.75, 3.05) is 6.61 Å². The summed E-state index contributed by atoms with van der Waals surface area (Å²) >= 11 is 0. The molecule has 0 saturated carbocycles. The van der Waals surface area contributed by atoms with Crippen molar-refractivity contribution in [1.82, 2.24) is 0 Å². The molecule has 0 aromatic rings. The molecule has 0 spiro atoms. The number of aliphatic hydroxyl groups excluding tert-OH is 1. The van der Waals surface area contributed by atoms with Crippen LogP contribution in [0.5, 0.6) is 0 Å². The Balaban J connectivity index is 4.60. The van der Waals surface area contributed by atoms with Gasteiger partial charge in [-0.3, -0.25) is 0 Å². The summed E-state index contributed by atoms with van der Waals surface area (Å²) in [5.41, 5.74) is -0.738. The first-order valence-electron chi connectivity index (χ1n) is 11.0. The molecular formula is C22H48O3Si. The molecule has 0 heterocycles. The molecule has 4 heteroatoms. The molecule has 0 aromatic heterocycles. The highest BCUT2D eigenvalue weighted by Crippen LogP contribution is 2.37. The van der Waals surface area contributed by atoms with Crippen molar-refractivity contribution in [3.63, 3.8) is 0 Å². The predicted molar refractivity (Wildman–Crippen MR) is 116 cm³/mol. The summed E-state index contributed by atoms with van der Waals surface area (Å²) in [6, 6.07) is 0. The van der Waals surface area contributed by atoms with E-state index in [2.05, 4.69) is 47.7 Å². The van der Waals surface area contributed by atoms with Gasteiger partial charge in [0.2, 0.25) is 0 Å². The molecule has 0 aromatic carbocycles. The standard InChI is InChI=1S/C22H48O3Si/c1-8-10-12-14-16-22(24,17-15-13-11-9-2)18-20(23)19-25-26(6,7)21(3,4)5/h20,23-24H,8-19H2,1-7H3/t20-/m0/s1. The third-order valence-electron chi connectivity index (χ3n) is 6.05. The molecule has 1 atom stereocenters. The van der Waals surface area contributed by atoms with Crippen LogP contribution in [0.1, 0.15) is 105 Å². The van der Waals surface area contributed by atoms with Gasteiger partial charge in [-0.25, -0.2) is 0 Å². The first-order valence-corrected chi connectivity index (χ1v) is 13.9. The van der Waals surface area contributed by atoms with Gasteiger partial charge in [-0.15, -0.1) is 0 Å². The van der Waals surface area contributed by atoms with Crippen LogP contribution in [-0.2, 0) is 4.43 Å². The van der Waals surface area contributed by atoms with Crippen molar-refractivity contribution in [2.24, 2.45) is 0 Å². The van der Waals surface area contributed by atoms with Gasteiger partial charge < -0.3 is 14.6 Å². The van der Waals surface area contributed by atoms with Gasteiger partial charge in [-0.05, 0) is 31.0 Å². The van der Waals surface area contributed by atoms with Crippen molar-refractivity contribution in [3.05, 3.63) is 0 Å². The Morgan fingerprint density at radius 3 is 1.69 bits per heavy atom. The van der Waals surface area contributed by atoms with E-state index in [0.717, 1.165) is 25.7 Å². The zero-order valence-corrected chi connectivity index (χ0v) is 19.9. The molecule has 158 valence electrons. The van der Waals surface area contributed by atoms with E-state index in [4.69, 9.17) is 4.43 Å². The van der Waals surface area contributed by atoms with E-state index in [0.29, 0.717) is 13.0 Å². The van der Waals surface area contributed by atoms with Gasteiger partial charge in [0.15, 0.2) is 8.32 Å². The molecule has 0 bridgehead atoms. The summed E-state index contributed by atoms with van der Waals surface area (Å²) in [7, 11) is -1.86. The largest absolute Gasteiger partial charge is 0.414 e. The number of hydrogen-bond acceptors (Lipinski definition) is 3. The minimum absolute atomic E-state index is 0.142. The molecule has 2 N–H and O–H groups in total. The molecular weight excluding hydrogens is 340 g/mol. The normalized spacial score (nSPS) is 14.7. The Morgan fingerprint density at radius 2 is 1.31 bits per heavy atom. The molecule has 0 fully saturated rings. The van der Waals surface area contributed by atoms with Gasteiger partial charge in [0, 0.05) is 6.42 Å². The van der Waals surface area contributed by atoms with E-state index in [1.807, 2.05) is 0 Å². The van der Waals surface area contributed by atoms with Gasteiger partial charge in [-0.2, -0.15) is 0 Å². The number of unbranched alkanes of at least 4 members (excludes halogenated alkanes) is 6. The van der Waals surface area contributed by atoms with E-state index in [1.54, 1.807) is 0 Å². The summed E-state index contributed by atoms with van der Waals surface area (Å²) in [6.45, 7) is 15.8. The van der Waals surface area contributed by atoms with Gasteiger partial charge in [-0.1, -0.05) is 86.0 Å². The first-order chi connectivity index (χ1) is 12.0. The van der Waals surface area contributed by atoms with Crippen LogP contribution in [0.25, 0.3) is 0 Å². The molecule has 0 aliphatic rings. The van der Waals surface area contributed by atoms with Gasteiger partial charge in [0.25, 0.3) is 0 Å². The van der Waals surface area contributed by atoms with Gasteiger partial charge >= 0.3 is 0 Å². The summed E-state index contributed by atoms with van der Waals surface area (Å²) in [6.07, 6.45) is 10.8. The zero-order valence-electron chi connectivity index (χ0n) is 18.9. The molecule has 0 saturated heterocycles. The maximum atomic E-state index is 11.2. The van der Waals surface area contributed by atoms with Crippen molar-refractivity contribution in [1.29, 1.82) is 0 Å². The second kappa shape index (κ2) is 12.5. The Labute approximate surface area is 165 Å². The maximum absolute atomic E-state index is 11.2. The lowest BCUT2D eigenvalue weighted by Crippen LogP contribution is -2.44. The minimum Gasteiger partial charge on any atom is -0.414 e. The smallest absolute Gasteiger partial charge is 0.192 e. The lowest BCUT2D eigenvalue weighted by atomic mass is 9.85. The minimum atomic E-state index is -1.86. The lowest BCUT2D eigenvalue weighted by molar-refractivity contribution is -0.0385. The SMILES string of the molecule is CCCCCCC(O)(CCCCCC)C[C@H](O)CO[Si](C)(C)C(C)(C)C. The molecule has 0 aliphatic carbocycles. The molecule has 0 aliphatic heterocycles. The number of hydrogen-bond donors (Lipinski definition) is 2. The fourth-order valence-electron chi connectivity index (χ4n) is 3.11. The predicted octanol–water partition coefficient (Wildman–Crippen LogP) is 6.43. The maximum Gasteiger partial charge on any atom is 0.192 e. The van der Waals surface area contributed by atoms with Crippen molar-refractivity contribution in [3.8, 4) is 0 Å². The summed E-state index contributed by atoms with van der Waals surface area (Å²) in [5, 5.41) is 21.9. The van der Waals surface area contributed by atoms with Crippen LogP contribution in [-0.4, -0.2) is 36.8 Å². The molecule has 0 radical (unpaired) electrons. The Morgan fingerprint density at radius 1 is 0.846 bits per heavy atom. The third kappa shape index (κ3) is 11.1. The monoisotopic (exact) mass is 388 g/mol. The average molecular weight is 389 g/mol. The highest BCUT2D eigenvalue weighted by Gasteiger charge is 2.38. The summed E-state index contributed by atoms with van der Waals surface area (Å²) in [4.78, 5) is 0. The molecule has 0 unspecified atom stereocenters. The lowest BCUT2D eigenvalue weighted by Gasteiger charge is -2.37. The Kier molecular flexibility index (Phi) is 12.6. The fourth-order valence-corrected chi connectivity index (χ4v) is 4.15. The molecule has 0 amide bonds. The van der Waals surface area contributed by atoms with Crippen LogP contribution < -0.4 is 0 Å². The van der Waals surface area contributed by atoms with E-state index >= 15 is 0 Å². The number of rotatable bonds is 15. The summed E-state index contributed by atoms with van der Waals surface area (Å²) in [5.74, 6) is 0. The fraction of sp³-hybridized carbons (Fsp3) is 1.00. The van der Waals surface area contributed by atoms with E-state index in [1.165, 1.54) is 38.5 Å². The molecule has 26 heavy (non-hydrogen) atoms. The van der Waals surface area contributed by atoms with Crippen molar-refractivity contribution < 1.29 is 14.6 Å². The quantitative estimate of drug-likeness (QED) is 0.251. The Bertz CT molecular complexity index is 338. The van der Waals surface area contributed by atoms with E-state index < -0.39 is 20.0 Å². The van der Waals surface area contributed by atoms with Crippen molar-refractivity contribution >= 4 is 8.32 Å². The van der Waals surface area contributed by atoms with Crippen LogP contribution in [0.3, 0.4) is 0 Å². The highest BCUT2D eigenvalue weighted by atomic mass is 28.4. The van der Waals surface area contributed by atoms with Crippen LogP contribution in [0.4, 0.5) is 0 Å². The molecule has 0 rings (SSSR count).